The number of hydrazine groups is 1. The van der Waals surface area contributed by atoms with Crippen LogP contribution in [0, 0.1) is 0 Å². The summed E-state index contributed by atoms with van der Waals surface area (Å²) >= 11 is 0. The van der Waals surface area contributed by atoms with Crippen molar-refractivity contribution in [3.05, 3.63) is 0 Å². The maximum atomic E-state index is 11.6. The van der Waals surface area contributed by atoms with Crippen molar-refractivity contribution in [3.8, 4) is 0 Å². The summed E-state index contributed by atoms with van der Waals surface area (Å²) in [6.07, 6.45) is 5.33. The largest absolute Gasteiger partial charge is 0.330 e. The Labute approximate surface area is 85.0 Å². The van der Waals surface area contributed by atoms with Crippen LogP contribution in [0.15, 0.2) is 0 Å². The monoisotopic (exact) mass is 197 g/mol. The van der Waals surface area contributed by atoms with Crippen molar-refractivity contribution in [3.63, 3.8) is 0 Å². The molecule has 1 saturated heterocycles. The molecular formula is C10H19N3O. The fourth-order valence-corrected chi connectivity index (χ4v) is 2.16. The maximum absolute atomic E-state index is 11.6. The molecule has 0 aromatic rings. The Hall–Kier alpha value is -0.610. The fraction of sp³-hybridized carbons (Fsp3) is 0.900. The van der Waals surface area contributed by atoms with Crippen LogP contribution < -0.4 is 5.73 Å². The van der Waals surface area contributed by atoms with E-state index in [-0.39, 0.29) is 0 Å². The van der Waals surface area contributed by atoms with E-state index in [1.807, 2.05) is 5.01 Å². The van der Waals surface area contributed by atoms with Gasteiger partial charge in [-0.1, -0.05) is 0 Å². The van der Waals surface area contributed by atoms with E-state index in [4.69, 9.17) is 5.73 Å². The highest BCUT2D eigenvalue weighted by Crippen LogP contribution is 2.29. The van der Waals surface area contributed by atoms with Crippen LogP contribution in [0.5, 0.6) is 0 Å². The summed E-state index contributed by atoms with van der Waals surface area (Å²) in [5.41, 5.74) is 5.48. The summed E-state index contributed by atoms with van der Waals surface area (Å²) in [4.78, 5) is 11.6. The highest BCUT2D eigenvalue weighted by molar-refractivity contribution is 5.78. The minimum atomic E-state index is 0.312. The van der Waals surface area contributed by atoms with Gasteiger partial charge in [0.25, 0.3) is 0 Å². The van der Waals surface area contributed by atoms with Gasteiger partial charge in [0.2, 0.25) is 5.91 Å². The Morgan fingerprint density at radius 3 is 2.79 bits per heavy atom. The second-order valence-corrected chi connectivity index (χ2v) is 4.17. The Morgan fingerprint density at radius 2 is 2.21 bits per heavy atom. The van der Waals surface area contributed by atoms with Gasteiger partial charge in [-0.3, -0.25) is 9.80 Å². The molecule has 4 heteroatoms. The number of hydrogen-bond donors (Lipinski definition) is 1. The number of carbonyl (C=O) groups is 1. The first-order chi connectivity index (χ1) is 6.83. The van der Waals surface area contributed by atoms with Gasteiger partial charge in [0.05, 0.1) is 0 Å². The predicted molar refractivity (Wildman–Crippen MR) is 54.3 cm³/mol. The average Bonchev–Trinajstić information content (AvgIpc) is 2.43. The third-order valence-electron chi connectivity index (χ3n) is 3.18. The molecule has 1 heterocycles. The van der Waals surface area contributed by atoms with E-state index >= 15 is 0 Å². The van der Waals surface area contributed by atoms with Gasteiger partial charge in [0.15, 0.2) is 0 Å². The topological polar surface area (TPSA) is 49.6 Å². The van der Waals surface area contributed by atoms with E-state index < -0.39 is 0 Å². The summed E-state index contributed by atoms with van der Waals surface area (Å²) in [7, 11) is 0. The highest BCUT2D eigenvalue weighted by Gasteiger charge is 2.36. The number of hydrogen-bond acceptors (Lipinski definition) is 3. The zero-order valence-corrected chi connectivity index (χ0v) is 8.61. The minimum Gasteiger partial charge on any atom is -0.330 e. The lowest BCUT2D eigenvalue weighted by Crippen LogP contribution is -2.49. The van der Waals surface area contributed by atoms with Crippen LogP contribution >= 0.6 is 0 Å². The Morgan fingerprint density at radius 1 is 1.43 bits per heavy atom. The number of carbonyl (C=O) groups excluding carboxylic acids is 1. The van der Waals surface area contributed by atoms with Crippen LogP contribution in [-0.4, -0.2) is 41.6 Å². The second kappa shape index (κ2) is 4.28. The molecule has 0 atom stereocenters. The first-order valence-corrected chi connectivity index (χ1v) is 5.60. The second-order valence-electron chi connectivity index (χ2n) is 4.17. The zero-order valence-electron chi connectivity index (χ0n) is 8.61. The molecule has 0 aromatic carbocycles. The Balaban J connectivity index is 1.91. The van der Waals surface area contributed by atoms with Gasteiger partial charge in [-0.25, -0.2) is 5.01 Å². The third kappa shape index (κ3) is 1.77. The molecule has 80 valence electrons. The molecule has 0 bridgehead atoms. The molecule has 2 N–H and O–H groups in total. The maximum Gasteiger partial charge on any atom is 0.238 e. The normalized spacial score (nSPS) is 24.4. The highest BCUT2D eigenvalue weighted by atomic mass is 16.2. The van der Waals surface area contributed by atoms with Gasteiger partial charge in [0.1, 0.15) is 0 Å². The van der Waals surface area contributed by atoms with E-state index in [9.17, 15) is 4.79 Å². The van der Waals surface area contributed by atoms with Crippen molar-refractivity contribution in [1.29, 1.82) is 0 Å². The smallest absolute Gasteiger partial charge is 0.238 e. The molecule has 14 heavy (non-hydrogen) atoms. The standard InChI is InChI=1S/C10H19N3O/c11-6-2-7-12-8-5-10(14)13(12)9-3-1-4-9/h9H,1-8,11H2. The molecule has 1 saturated carbocycles. The lowest BCUT2D eigenvalue weighted by Gasteiger charge is -2.39. The van der Waals surface area contributed by atoms with Crippen LogP contribution in [0.1, 0.15) is 32.1 Å². The molecule has 0 spiro atoms. The van der Waals surface area contributed by atoms with Crippen LogP contribution in [0.3, 0.4) is 0 Å². The van der Waals surface area contributed by atoms with Crippen LogP contribution in [0.25, 0.3) is 0 Å². The van der Waals surface area contributed by atoms with E-state index in [1.165, 1.54) is 19.3 Å². The first kappa shape index (κ1) is 9.93. The van der Waals surface area contributed by atoms with Crippen molar-refractivity contribution >= 4 is 5.91 Å². The predicted octanol–water partition coefficient (Wildman–Crippen LogP) is 0.337. The summed E-state index contributed by atoms with van der Waals surface area (Å²) in [6.45, 7) is 2.55. The van der Waals surface area contributed by atoms with Crippen molar-refractivity contribution in [2.24, 2.45) is 5.73 Å². The van der Waals surface area contributed by atoms with Gasteiger partial charge in [-0.05, 0) is 32.2 Å². The fourth-order valence-electron chi connectivity index (χ4n) is 2.16. The molecule has 0 radical (unpaired) electrons. The van der Waals surface area contributed by atoms with Gasteiger partial charge in [-0.15, -0.1) is 0 Å². The van der Waals surface area contributed by atoms with E-state index in [0.717, 1.165) is 19.5 Å². The Bertz CT molecular complexity index is 215. The van der Waals surface area contributed by atoms with Crippen molar-refractivity contribution in [1.82, 2.24) is 10.0 Å². The SMILES string of the molecule is NCCCN1CCC(=O)N1C1CCC1. The molecule has 1 aliphatic heterocycles. The molecule has 1 aliphatic carbocycles. The summed E-state index contributed by atoms with van der Waals surface area (Å²) < 4.78 is 0. The van der Waals surface area contributed by atoms with Crippen molar-refractivity contribution in [2.45, 2.75) is 38.1 Å². The lowest BCUT2D eigenvalue weighted by molar-refractivity contribution is -0.146. The van der Waals surface area contributed by atoms with Gasteiger partial charge < -0.3 is 5.73 Å². The van der Waals surface area contributed by atoms with E-state index in [1.54, 1.807) is 0 Å². The number of rotatable bonds is 4. The Kier molecular flexibility index (Phi) is 3.03. The van der Waals surface area contributed by atoms with Crippen molar-refractivity contribution in [2.75, 3.05) is 19.6 Å². The average molecular weight is 197 g/mol. The first-order valence-electron chi connectivity index (χ1n) is 5.60. The van der Waals surface area contributed by atoms with Crippen LogP contribution in [-0.2, 0) is 4.79 Å². The van der Waals surface area contributed by atoms with Crippen LogP contribution in [0.4, 0.5) is 0 Å². The quantitative estimate of drug-likeness (QED) is 0.707. The number of amides is 1. The molecule has 2 rings (SSSR count). The van der Waals surface area contributed by atoms with E-state index in [0.29, 0.717) is 24.9 Å². The molecule has 4 nitrogen and oxygen atoms in total. The van der Waals surface area contributed by atoms with Gasteiger partial charge in [0, 0.05) is 25.6 Å². The summed E-state index contributed by atoms with van der Waals surface area (Å²) in [5, 5.41) is 4.19. The van der Waals surface area contributed by atoms with Crippen LogP contribution in [0.2, 0.25) is 0 Å². The molecule has 1 amide bonds. The number of nitrogens with zero attached hydrogens (tertiary/aromatic N) is 2. The lowest BCUT2D eigenvalue weighted by atomic mass is 9.92. The van der Waals surface area contributed by atoms with Gasteiger partial charge in [-0.2, -0.15) is 0 Å². The van der Waals surface area contributed by atoms with Crippen molar-refractivity contribution < 1.29 is 4.79 Å². The van der Waals surface area contributed by atoms with E-state index in [2.05, 4.69) is 5.01 Å². The minimum absolute atomic E-state index is 0.312. The molecule has 0 aromatic heterocycles. The molecule has 0 unspecified atom stereocenters. The molecule has 2 aliphatic rings. The molecule has 2 fully saturated rings. The third-order valence-corrected chi connectivity index (χ3v) is 3.18. The molecular weight excluding hydrogens is 178 g/mol. The zero-order chi connectivity index (χ0) is 9.97. The number of nitrogens with two attached hydrogens (primary N) is 1. The van der Waals surface area contributed by atoms with Gasteiger partial charge >= 0.3 is 0 Å². The summed E-state index contributed by atoms with van der Waals surface area (Å²) in [6, 6.07) is 0.503. The summed E-state index contributed by atoms with van der Waals surface area (Å²) in [5.74, 6) is 0.312.